The zero-order chi connectivity index (χ0) is 13.0. The van der Waals surface area contributed by atoms with Gasteiger partial charge in [-0.05, 0) is 20.8 Å². The smallest absolute Gasteiger partial charge is 0.350 e. The van der Waals surface area contributed by atoms with E-state index in [9.17, 15) is 9.36 Å². The molecule has 0 aliphatic rings. The first-order valence-electron chi connectivity index (χ1n) is 4.68. The lowest BCUT2D eigenvalue weighted by Crippen LogP contribution is -2.50. The van der Waals surface area contributed by atoms with E-state index in [-0.39, 0.29) is 6.61 Å². The van der Waals surface area contributed by atoms with E-state index in [0.717, 1.165) is 7.11 Å². The molecular weight excluding hydrogens is 235 g/mol. The van der Waals surface area contributed by atoms with Crippen molar-refractivity contribution in [2.75, 3.05) is 13.7 Å². The lowest BCUT2D eigenvalue weighted by molar-refractivity contribution is -0.124. The van der Waals surface area contributed by atoms with Crippen molar-refractivity contribution in [3.8, 4) is 0 Å². The number of amides is 1. The molecule has 0 saturated carbocycles. The van der Waals surface area contributed by atoms with Crippen molar-refractivity contribution in [2.24, 2.45) is 5.73 Å². The summed E-state index contributed by atoms with van der Waals surface area (Å²) >= 11 is 0. The molecule has 7 nitrogen and oxygen atoms in total. The Bertz CT molecular complexity index is 289. The third-order valence-electron chi connectivity index (χ3n) is 1.48. The number of phosphoric ester groups is 1. The van der Waals surface area contributed by atoms with Crippen LogP contribution in [0, 0.1) is 0 Å². The highest BCUT2D eigenvalue weighted by atomic mass is 31.2. The summed E-state index contributed by atoms with van der Waals surface area (Å²) in [7, 11) is -3.05. The molecule has 2 atom stereocenters. The maximum atomic E-state index is 11.4. The van der Waals surface area contributed by atoms with Crippen LogP contribution in [0.3, 0.4) is 0 Å². The molecule has 0 rings (SSSR count). The van der Waals surface area contributed by atoms with Crippen LogP contribution in [0.25, 0.3) is 0 Å². The molecule has 0 bridgehead atoms. The SMILES string of the molecule is COP(=O)(O)OC[C@H](N)C(=O)NC(C)(C)C. The average molecular weight is 254 g/mol. The minimum atomic E-state index is -4.08. The van der Waals surface area contributed by atoms with Crippen LogP contribution >= 0.6 is 7.82 Å². The van der Waals surface area contributed by atoms with Gasteiger partial charge in [-0.1, -0.05) is 0 Å². The molecule has 0 heterocycles. The van der Waals surface area contributed by atoms with Crippen LogP contribution in [0.2, 0.25) is 0 Å². The highest BCUT2D eigenvalue weighted by molar-refractivity contribution is 7.47. The number of phosphoric acid groups is 1. The number of rotatable bonds is 5. The van der Waals surface area contributed by atoms with Crippen molar-refractivity contribution in [1.82, 2.24) is 5.32 Å². The summed E-state index contributed by atoms with van der Waals surface area (Å²) in [5.74, 6) is -0.455. The van der Waals surface area contributed by atoms with Crippen molar-refractivity contribution in [3.63, 3.8) is 0 Å². The van der Waals surface area contributed by atoms with Gasteiger partial charge in [-0.25, -0.2) is 4.57 Å². The summed E-state index contributed by atoms with van der Waals surface area (Å²) in [5.41, 5.74) is 5.04. The fraction of sp³-hybridized carbons (Fsp3) is 0.875. The molecule has 0 spiro atoms. The first kappa shape index (κ1) is 15.5. The maximum absolute atomic E-state index is 11.4. The topological polar surface area (TPSA) is 111 Å². The second-order valence-corrected chi connectivity index (χ2v) is 5.85. The molecule has 0 aliphatic carbocycles. The van der Waals surface area contributed by atoms with Crippen LogP contribution in [0.15, 0.2) is 0 Å². The molecule has 4 N–H and O–H groups in total. The molecule has 16 heavy (non-hydrogen) atoms. The number of nitrogens with two attached hydrogens (primary N) is 1. The Morgan fingerprint density at radius 2 is 2.06 bits per heavy atom. The van der Waals surface area contributed by atoms with E-state index in [1.54, 1.807) is 20.8 Å². The largest absolute Gasteiger partial charge is 0.471 e. The molecule has 0 aromatic carbocycles. The molecule has 0 radical (unpaired) electrons. The fourth-order valence-electron chi connectivity index (χ4n) is 0.765. The van der Waals surface area contributed by atoms with Gasteiger partial charge in [0.05, 0.1) is 6.61 Å². The number of nitrogens with one attached hydrogen (secondary N) is 1. The number of hydrogen-bond acceptors (Lipinski definition) is 5. The predicted octanol–water partition coefficient (Wildman–Crippen LogP) is -0.00820. The molecule has 96 valence electrons. The lowest BCUT2D eigenvalue weighted by Gasteiger charge is -2.23. The van der Waals surface area contributed by atoms with Crippen molar-refractivity contribution < 1.29 is 23.3 Å². The van der Waals surface area contributed by atoms with Crippen LogP contribution in [0.4, 0.5) is 0 Å². The van der Waals surface area contributed by atoms with Crippen LogP contribution in [-0.4, -0.2) is 36.1 Å². The van der Waals surface area contributed by atoms with Gasteiger partial charge in [-0.3, -0.25) is 13.8 Å². The third-order valence-corrected chi connectivity index (χ3v) is 2.42. The summed E-state index contributed by atoms with van der Waals surface area (Å²) in [6.45, 7) is 5.00. The first-order valence-corrected chi connectivity index (χ1v) is 6.17. The van der Waals surface area contributed by atoms with E-state index in [1.165, 1.54) is 0 Å². The summed E-state index contributed by atoms with van der Waals surface area (Å²) in [6, 6.07) is -1.02. The van der Waals surface area contributed by atoms with Gasteiger partial charge in [0.15, 0.2) is 0 Å². The monoisotopic (exact) mass is 254 g/mol. The quantitative estimate of drug-likeness (QED) is 0.595. The van der Waals surface area contributed by atoms with Gasteiger partial charge in [0.25, 0.3) is 0 Å². The minimum Gasteiger partial charge on any atom is -0.350 e. The number of carbonyl (C=O) groups excluding carboxylic acids is 1. The normalized spacial score (nSPS) is 17.6. The van der Waals surface area contributed by atoms with Crippen LogP contribution in [0.5, 0.6) is 0 Å². The lowest BCUT2D eigenvalue weighted by atomic mass is 10.1. The molecule has 0 saturated heterocycles. The molecule has 0 aliphatic heterocycles. The minimum absolute atomic E-state index is 0.385. The maximum Gasteiger partial charge on any atom is 0.471 e. The van der Waals surface area contributed by atoms with Gasteiger partial charge in [0.2, 0.25) is 5.91 Å². The van der Waals surface area contributed by atoms with Gasteiger partial charge in [0.1, 0.15) is 6.04 Å². The van der Waals surface area contributed by atoms with Gasteiger partial charge < -0.3 is 15.9 Å². The zero-order valence-corrected chi connectivity index (χ0v) is 10.8. The second-order valence-electron chi connectivity index (χ2n) is 4.29. The van der Waals surface area contributed by atoms with E-state index >= 15 is 0 Å². The summed E-state index contributed by atoms with van der Waals surface area (Å²) in [5, 5.41) is 2.62. The Hall–Kier alpha value is -0.460. The number of carbonyl (C=O) groups is 1. The van der Waals surface area contributed by atoms with Crippen LogP contribution < -0.4 is 11.1 Å². The van der Waals surface area contributed by atoms with E-state index < -0.39 is 25.3 Å². The third kappa shape index (κ3) is 6.92. The highest BCUT2D eigenvalue weighted by Gasteiger charge is 2.24. The second kappa shape index (κ2) is 5.75. The molecular formula is C8H19N2O5P. The Labute approximate surface area is 94.9 Å². The Morgan fingerprint density at radius 1 is 1.56 bits per heavy atom. The van der Waals surface area contributed by atoms with Crippen molar-refractivity contribution >= 4 is 13.7 Å². The average Bonchev–Trinajstić information content (AvgIpc) is 2.11. The van der Waals surface area contributed by atoms with E-state index in [1.807, 2.05) is 0 Å². The molecule has 0 aromatic heterocycles. The fourth-order valence-corrected chi connectivity index (χ4v) is 1.22. The van der Waals surface area contributed by atoms with Crippen LogP contribution in [-0.2, 0) is 18.4 Å². The molecule has 0 aromatic rings. The Kier molecular flexibility index (Phi) is 5.58. The first-order chi connectivity index (χ1) is 7.07. The molecule has 1 unspecified atom stereocenters. The van der Waals surface area contributed by atoms with Gasteiger partial charge in [-0.2, -0.15) is 0 Å². The zero-order valence-electron chi connectivity index (χ0n) is 9.89. The van der Waals surface area contributed by atoms with E-state index in [2.05, 4.69) is 14.4 Å². The Morgan fingerprint density at radius 3 is 2.44 bits per heavy atom. The number of hydrogen-bond donors (Lipinski definition) is 3. The van der Waals surface area contributed by atoms with Gasteiger partial charge >= 0.3 is 7.82 Å². The highest BCUT2D eigenvalue weighted by Crippen LogP contribution is 2.41. The van der Waals surface area contributed by atoms with Crippen molar-refractivity contribution in [1.29, 1.82) is 0 Å². The molecule has 0 fully saturated rings. The molecule has 8 heteroatoms. The van der Waals surface area contributed by atoms with Crippen LogP contribution in [0.1, 0.15) is 20.8 Å². The predicted molar refractivity (Wildman–Crippen MR) is 58.7 cm³/mol. The van der Waals surface area contributed by atoms with Crippen molar-refractivity contribution in [3.05, 3.63) is 0 Å². The van der Waals surface area contributed by atoms with Gasteiger partial charge in [-0.15, -0.1) is 0 Å². The van der Waals surface area contributed by atoms with E-state index in [0.29, 0.717) is 0 Å². The standard InChI is InChI=1S/C8H19N2O5P/c1-8(2,3)10-7(11)6(9)5-15-16(12,13)14-4/h6H,5,9H2,1-4H3,(H,10,11)(H,12,13)/t6-/m0/s1. The summed E-state index contributed by atoms with van der Waals surface area (Å²) in [6.07, 6.45) is 0. The Balaban J connectivity index is 4.13. The van der Waals surface area contributed by atoms with Crippen molar-refractivity contribution in [2.45, 2.75) is 32.4 Å². The van der Waals surface area contributed by atoms with Gasteiger partial charge in [0, 0.05) is 12.6 Å². The van der Waals surface area contributed by atoms with E-state index in [4.69, 9.17) is 10.6 Å². The summed E-state index contributed by atoms with van der Waals surface area (Å²) < 4.78 is 19.6. The summed E-state index contributed by atoms with van der Waals surface area (Å²) in [4.78, 5) is 20.3. The molecule has 1 amide bonds.